The molecule has 1 aromatic heterocycles. The number of amides is 1. The number of piperazine rings is 1. The van der Waals surface area contributed by atoms with Crippen LogP contribution in [0.15, 0.2) is 11.4 Å². The Bertz CT molecular complexity index is 487. The number of likely N-dealkylation sites (N-methyl/N-ethyl adjacent to an activating group) is 1. The van der Waals surface area contributed by atoms with Gasteiger partial charge in [-0.3, -0.25) is 9.69 Å². The predicted molar refractivity (Wildman–Crippen MR) is 71.2 cm³/mol. The molecule has 5 heteroatoms. The predicted octanol–water partition coefficient (Wildman–Crippen LogP) is 0.366. The van der Waals surface area contributed by atoms with Crippen LogP contribution in [-0.2, 0) is 11.3 Å². The minimum Gasteiger partial charge on any atom is -0.384 e. The molecule has 96 valence electrons. The largest absolute Gasteiger partial charge is 0.384 e. The molecule has 1 saturated heterocycles. The third kappa shape index (κ3) is 3.10. The molecule has 0 spiro atoms. The number of aliphatic hydroxyl groups excluding tert-OH is 1. The standard InChI is InChI=1S/C13H16N2O2S/c1-14-5-6-15(10-13(14)17)9-12-11(3-2-7-16)4-8-18-12/h4,8,16H,5-7,9-10H2,1H3. The van der Waals surface area contributed by atoms with E-state index in [2.05, 4.69) is 16.7 Å². The zero-order chi connectivity index (χ0) is 13.0. The normalized spacial score (nSPS) is 16.6. The fourth-order valence-electron chi connectivity index (χ4n) is 1.85. The molecule has 18 heavy (non-hydrogen) atoms. The smallest absolute Gasteiger partial charge is 0.236 e. The molecule has 1 N–H and O–H groups in total. The Morgan fingerprint density at radius 2 is 2.33 bits per heavy atom. The lowest BCUT2D eigenvalue weighted by Gasteiger charge is -2.31. The van der Waals surface area contributed by atoms with E-state index in [1.807, 2.05) is 18.5 Å². The van der Waals surface area contributed by atoms with E-state index in [9.17, 15) is 4.79 Å². The van der Waals surface area contributed by atoms with Crippen molar-refractivity contribution in [2.24, 2.45) is 0 Å². The van der Waals surface area contributed by atoms with Gasteiger partial charge < -0.3 is 10.0 Å². The van der Waals surface area contributed by atoms with Crippen LogP contribution in [-0.4, -0.2) is 54.1 Å². The summed E-state index contributed by atoms with van der Waals surface area (Å²) in [5.41, 5.74) is 0.959. The van der Waals surface area contributed by atoms with Gasteiger partial charge in [0, 0.05) is 37.1 Å². The van der Waals surface area contributed by atoms with E-state index in [0.29, 0.717) is 6.54 Å². The number of thiophene rings is 1. The van der Waals surface area contributed by atoms with Gasteiger partial charge in [0.1, 0.15) is 6.61 Å². The summed E-state index contributed by atoms with van der Waals surface area (Å²) in [5.74, 6) is 5.77. The number of aliphatic hydroxyl groups is 1. The van der Waals surface area contributed by atoms with Gasteiger partial charge in [0.25, 0.3) is 0 Å². The number of carbonyl (C=O) groups excluding carboxylic acids is 1. The fraction of sp³-hybridized carbons (Fsp3) is 0.462. The first kappa shape index (κ1) is 13.1. The topological polar surface area (TPSA) is 43.8 Å². The van der Waals surface area contributed by atoms with Crippen molar-refractivity contribution in [3.05, 3.63) is 21.9 Å². The molecule has 1 aromatic rings. The van der Waals surface area contributed by atoms with Gasteiger partial charge in [0.05, 0.1) is 6.54 Å². The molecule has 0 unspecified atom stereocenters. The summed E-state index contributed by atoms with van der Waals surface area (Å²) >= 11 is 1.64. The molecule has 0 bridgehead atoms. The zero-order valence-electron chi connectivity index (χ0n) is 10.3. The number of rotatable bonds is 2. The highest BCUT2D eigenvalue weighted by atomic mass is 32.1. The van der Waals surface area contributed by atoms with Crippen LogP contribution in [0.5, 0.6) is 0 Å². The molecular formula is C13H16N2O2S. The van der Waals surface area contributed by atoms with E-state index < -0.39 is 0 Å². The highest BCUT2D eigenvalue weighted by Crippen LogP contribution is 2.19. The van der Waals surface area contributed by atoms with Crippen molar-refractivity contribution in [2.75, 3.05) is 33.3 Å². The lowest BCUT2D eigenvalue weighted by Crippen LogP contribution is -2.47. The van der Waals surface area contributed by atoms with Crippen LogP contribution in [0.25, 0.3) is 0 Å². The zero-order valence-corrected chi connectivity index (χ0v) is 11.2. The van der Waals surface area contributed by atoms with Crippen molar-refractivity contribution >= 4 is 17.2 Å². The monoisotopic (exact) mass is 264 g/mol. The molecule has 0 aliphatic carbocycles. The molecular weight excluding hydrogens is 248 g/mol. The molecule has 1 amide bonds. The highest BCUT2D eigenvalue weighted by molar-refractivity contribution is 7.10. The van der Waals surface area contributed by atoms with Crippen LogP contribution in [0, 0.1) is 11.8 Å². The Hall–Kier alpha value is -1.35. The van der Waals surface area contributed by atoms with E-state index in [1.165, 1.54) is 0 Å². The van der Waals surface area contributed by atoms with Gasteiger partial charge in [-0.15, -0.1) is 11.3 Å². The maximum Gasteiger partial charge on any atom is 0.236 e. The summed E-state index contributed by atoms with van der Waals surface area (Å²) in [7, 11) is 1.84. The molecule has 4 nitrogen and oxygen atoms in total. The molecule has 2 heterocycles. The Morgan fingerprint density at radius 3 is 3.06 bits per heavy atom. The summed E-state index contributed by atoms with van der Waals surface area (Å²) in [4.78, 5) is 16.7. The Labute approximate surface area is 111 Å². The van der Waals surface area contributed by atoms with Crippen LogP contribution in [0.1, 0.15) is 10.4 Å². The van der Waals surface area contributed by atoms with Gasteiger partial charge in [-0.1, -0.05) is 11.8 Å². The third-order valence-electron chi connectivity index (χ3n) is 2.95. The summed E-state index contributed by atoms with van der Waals surface area (Å²) < 4.78 is 0. The van der Waals surface area contributed by atoms with E-state index >= 15 is 0 Å². The molecule has 0 radical (unpaired) electrons. The summed E-state index contributed by atoms with van der Waals surface area (Å²) in [6.45, 7) is 2.78. The number of hydrogen-bond donors (Lipinski definition) is 1. The van der Waals surface area contributed by atoms with Crippen LogP contribution >= 0.6 is 11.3 Å². The maximum atomic E-state index is 11.6. The van der Waals surface area contributed by atoms with Crippen molar-refractivity contribution in [3.8, 4) is 11.8 Å². The van der Waals surface area contributed by atoms with Crippen LogP contribution in [0.4, 0.5) is 0 Å². The van der Waals surface area contributed by atoms with E-state index in [0.717, 1.165) is 30.1 Å². The lowest BCUT2D eigenvalue weighted by molar-refractivity contribution is -0.134. The average Bonchev–Trinajstić information content (AvgIpc) is 2.79. The minimum absolute atomic E-state index is 0.123. The summed E-state index contributed by atoms with van der Waals surface area (Å²) in [6.07, 6.45) is 0. The molecule has 2 rings (SSSR count). The number of nitrogens with zero attached hydrogens (tertiary/aromatic N) is 2. The molecule has 0 aromatic carbocycles. The molecule has 0 saturated carbocycles. The van der Waals surface area contributed by atoms with E-state index in [-0.39, 0.29) is 12.5 Å². The van der Waals surface area contributed by atoms with Gasteiger partial charge in [-0.05, 0) is 11.4 Å². The second kappa shape index (κ2) is 6.01. The summed E-state index contributed by atoms with van der Waals surface area (Å²) in [5, 5.41) is 10.7. The first-order valence-electron chi connectivity index (χ1n) is 5.83. The first-order chi connectivity index (χ1) is 8.70. The van der Waals surface area contributed by atoms with Crippen molar-refractivity contribution in [1.29, 1.82) is 0 Å². The van der Waals surface area contributed by atoms with E-state index in [4.69, 9.17) is 5.11 Å². The third-order valence-corrected chi connectivity index (χ3v) is 3.86. The molecule has 1 aliphatic heterocycles. The SMILES string of the molecule is CN1CCN(Cc2sccc2C#CCO)CC1=O. The summed E-state index contributed by atoms with van der Waals surface area (Å²) in [6, 6.07) is 1.96. The Balaban J connectivity index is 2.01. The van der Waals surface area contributed by atoms with Gasteiger partial charge in [-0.25, -0.2) is 0 Å². The number of hydrogen-bond acceptors (Lipinski definition) is 4. The second-order valence-electron chi connectivity index (χ2n) is 4.24. The Kier molecular flexibility index (Phi) is 4.37. The maximum absolute atomic E-state index is 11.6. The van der Waals surface area contributed by atoms with Gasteiger partial charge in [0.2, 0.25) is 5.91 Å². The Morgan fingerprint density at radius 1 is 1.50 bits per heavy atom. The second-order valence-corrected chi connectivity index (χ2v) is 5.24. The van der Waals surface area contributed by atoms with Crippen LogP contribution in [0.3, 0.4) is 0 Å². The van der Waals surface area contributed by atoms with Gasteiger partial charge in [0.15, 0.2) is 0 Å². The van der Waals surface area contributed by atoms with Crippen molar-refractivity contribution in [1.82, 2.24) is 9.80 Å². The van der Waals surface area contributed by atoms with Crippen molar-refractivity contribution in [2.45, 2.75) is 6.54 Å². The quantitative estimate of drug-likeness (QED) is 0.785. The first-order valence-corrected chi connectivity index (χ1v) is 6.71. The van der Waals surface area contributed by atoms with Crippen molar-refractivity contribution in [3.63, 3.8) is 0 Å². The fourth-order valence-corrected chi connectivity index (χ4v) is 2.73. The highest BCUT2D eigenvalue weighted by Gasteiger charge is 2.21. The average molecular weight is 264 g/mol. The van der Waals surface area contributed by atoms with Gasteiger partial charge in [-0.2, -0.15) is 0 Å². The molecule has 1 aliphatic rings. The number of carbonyl (C=O) groups is 1. The molecule has 1 fully saturated rings. The minimum atomic E-state index is -0.123. The van der Waals surface area contributed by atoms with Crippen LogP contribution < -0.4 is 0 Å². The lowest BCUT2D eigenvalue weighted by atomic mass is 10.2. The molecule has 0 atom stereocenters. The van der Waals surface area contributed by atoms with Crippen molar-refractivity contribution < 1.29 is 9.90 Å². The van der Waals surface area contributed by atoms with Crippen LogP contribution in [0.2, 0.25) is 0 Å². The van der Waals surface area contributed by atoms with Gasteiger partial charge >= 0.3 is 0 Å². The van der Waals surface area contributed by atoms with E-state index in [1.54, 1.807) is 16.2 Å².